The number of methoxy groups -OCH3 is 2. The van der Waals surface area contributed by atoms with Crippen molar-refractivity contribution in [2.24, 2.45) is 0 Å². The van der Waals surface area contributed by atoms with Gasteiger partial charge < -0.3 is 19.1 Å². The molecule has 0 spiro atoms. The van der Waals surface area contributed by atoms with Crippen molar-refractivity contribution in [1.29, 1.82) is 0 Å². The lowest BCUT2D eigenvalue weighted by atomic mass is 10.1. The minimum atomic E-state index is -3.75. The van der Waals surface area contributed by atoms with E-state index in [9.17, 15) is 18.0 Å². The number of ether oxygens (including phenoxy) is 3. The van der Waals surface area contributed by atoms with E-state index in [1.54, 1.807) is 0 Å². The molecule has 1 aliphatic rings. The van der Waals surface area contributed by atoms with E-state index in [-0.39, 0.29) is 42.3 Å². The second kappa shape index (κ2) is 9.16. The predicted octanol–water partition coefficient (Wildman–Crippen LogP) is 0.351. The molecule has 0 atom stereocenters. The van der Waals surface area contributed by atoms with E-state index in [0.29, 0.717) is 13.2 Å². The lowest BCUT2D eigenvalue weighted by Gasteiger charge is -2.26. The molecule has 9 nitrogen and oxygen atoms in total. The summed E-state index contributed by atoms with van der Waals surface area (Å²) in [6, 6.07) is 4.17. The van der Waals surface area contributed by atoms with E-state index < -0.39 is 21.9 Å². The first kappa shape index (κ1) is 21.1. The molecule has 0 aromatic heterocycles. The highest BCUT2D eigenvalue weighted by atomic mass is 32.2. The Morgan fingerprint density at radius 3 is 2.48 bits per heavy atom. The molecular formula is C17H24N2O7S. The molecule has 2 rings (SSSR count). The van der Waals surface area contributed by atoms with Crippen molar-refractivity contribution in [2.75, 3.05) is 54.1 Å². The molecular weight excluding hydrogens is 376 g/mol. The van der Waals surface area contributed by atoms with Crippen LogP contribution in [0.2, 0.25) is 0 Å². The first-order valence-electron chi connectivity index (χ1n) is 8.39. The number of hydrogen-bond donors (Lipinski definition) is 0. The first-order valence-corrected chi connectivity index (χ1v) is 9.83. The maximum Gasteiger partial charge on any atom is 0.307 e. The molecule has 1 aromatic rings. The summed E-state index contributed by atoms with van der Waals surface area (Å²) in [7, 11) is 0.447. The average Bonchev–Trinajstić information content (AvgIpc) is 2.71. The van der Waals surface area contributed by atoms with Crippen molar-refractivity contribution in [3.63, 3.8) is 0 Å². The van der Waals surface area contributed by atoms with Crippen molar-refractivity contribution in [1.82, 2.24) is 9.21 Å². The Morgan fingerprint density at radius 2 is 1.89 bits per heavy atom. The molecule has 10 heteroatoms. The lowest BCUT2D eigenvalue weighted by Crippen LogP contribution is -2.40. The molecule has 0 radical (unpaired) electrons. The van der Waals surface area contributed by atoms with Gasteiger partial charge in [-0.25, -0.2) is 8.42 Å². The van der Waals surface area contributed by atoms with Crippen LogP contribution >= 0.6 is 0 Å². The highest BCUT2D eigenvalue weighted by molar-refractivity contribution is 7.89. The summed E-state index contributed by atoms with van der Waals surface area (Å²) in [6.45, 7) is 1.32. The molecule has 0 bridgehead atoms. The summed E-state index contributed by atoms with van der Waals surface area (Å²) >= 11 is 0. The maximum absolute atomic E-state index is 12.8. The molecule has 1 saturated heterocycles. The minimum absolute atomic E-state index is 0.00918. The van der Waals surface area contributed by atoms with Gasteiger partial charge in [0, 0.05) is 26.7 Å². The van der Waals surface area contributed by atoms with Gasteiger partial charge in [0.2, 0.25) is 10.0 Å². The van der Waals surface area contributed by atoms with Gasteiger partial charge in [0.1, 0.15) is 5.75 Å². The number of hydrogen-bond acceptors (Lipinski definition) is 7. The van der Waals surface area contributed by atoms with Crippen LogP contribution in [0.1, 0.15) is 16.8 Å². The van der Waals surface area contributed by atoms with Crippen LogP contribution in [0.4, 0.5) is 0 Å². The van der Waals surface area contributed by atoms with Crippen molar-refractivity contribution in [2.45, 2.75) is 11.3 Å². The zero-order chi connectivity index (χ0) is 20.0. The van der Waals surface area contributed by atoms with E-state index in [0.717, 1.165) is 0 Å². The minimum Gasteiger partial charge on any atom is -0.496 e. The smallest absolute Gasteiger partial charge is 0.307 e. The molecule has 27 heavy (non-hydrogen) atoms. The van der Waals surface area contributed by atoms with Crippen LogP contribution in [0, 0.1) is 0 Å². The fourth-order valence-electron chi connectivity index (χ4n) is 2.62. The molecule has 0 aliphatic carbocycles. The topological polar surface area (TPSA) is 102 Å². The van der Waals surface area contributed by atoms with Crippen molar-refractivity contribution in [3.8, 4) is 5.75 Å². The Balaban J connectivity index is 2.29. The molecule has 0 unspecified atom stereocenters. The zero-order valence-corrected chi connectivity index (χ0v) is 16.5. The van der Waals surface area contributed by atoms with Gasteiger partial charge in [-0.15, -0.1) is 0 Å². The third-order valence-corrected chi connectivity index (χ3v) is 6.13. The van der Waals surface area contributed by atoms with Crippen LogP contribution in [0.15, 0.2) is 23.1 Å². The van der Waals surface area contributed by atoms with Gasteiger partial charge in [0.05, 0.1) is 44.3 Å². The molecule has 0 saturated carbocycles. The van der Waals surface area contributed by atoms with Crippen LogP contribution in [-0.4, -0.2) is 83.6 Å². The fourth-order valence-corrected chi connectivity index (χ4v) is 4.05. The van der Waals surface area contributed by atoms with E-state index >= 15 is 0 Å². The number of benzene rings is 1. The van der Waals surface area contributed by atoms with E-state index in [4.69, 9.17) is 9.47 Å². The van der Waals surface area contributed by atoms with Crippen LogP contribution in [0.25, 0.3) is 0 Å². The molecule has 1 aromatic carbocycles. The highest BCUT2D eigenvalue weighted by Crippen LogP contribution is 2.26. The van der Waals surface area contributed by atoms with Gasteiger partial charge in [0.15, 0.2) is 0 Å². The number of carbonyl (C=O) groups is 2. The molecule has 1 heterocycles. The Kier molecular flexibility index (Phi) is 7.17. The van der Waals surface area contributed by atoms with Gasteiger partial charge in [-0.2, -0.15) is 4.31 Å². The number of carbonyl (C=O) groups excluding carboxylic acids is 2. The number of sulfonamides is 1. The molecule has 0 N–H and O–H groups in total. The van der Waals surface area contributed by atoms with Crippen molar-refractivity contribution >= 4 is 21.9 Å². The van der Waals surface area contributed by atoms with Crippen LogP contribution < -0.4 is 4.74 Å². The summed E-state index contributed by atoms with van der Waals surface area (Å²) in [5, 5.41) is 0. The first-order chi connectivity index (χ1) is 12.8. The van der Waals surface area contributed by atoms with Crippen molar-refractivity contribution < 1.29 is 32.2 Å². The highest BCUT2D eigenvalue weighted by Gasteiger charge is 2.28. The van der Waals surface area contributed by atoms with E-state index in [1.807, 2.05) is 0 Å². The Hall–Kier alpha value is -2.17. The van der Waals surface area contributed by atoms with Crippen molar-refractivity contribution in [3.05, 3.63) is 23.8 Å². The fraction of sp³-hybridized carbons (Fsp3) is 0.529. The molecule has 1 fully saturated rings. The molecule has 1 amide bonds. The number of esters is 1. The third-order valence-electron chi connectivity index (χ3n) is 4.23. The Labute approximate surface area is 158 Å². The largest absolute Gasteiger partial charge is 0.496 e. The number of morpholine rings is 1. The van der Waals surface area contributed by atoms with Gasteiger partial charge in [-0.1, -0.05) is 0 Å². The molecule has 1 aliphatic heterocycles. The van der Waals surface area contributed by atoms with Gasteiger partial charge >= 0.3 is 5.97 Å². The molecule has 150 valence electrons. The summed E-state index contributed by atoms with van der Waals surface area (Å²) in [5.41, 5.74) is 0.110. The van der Waals surface area contributed by atoms with Crippen LogP contribution in [-0.2, 0) is 24.3 Å². The van der Waals surface area contributed by atoms with Gasteiger partial charge in [-0.3, -0.25) is 9.59 Å². The van der Waals surface area contributed by atoms with Gasteiger partial charge in [-0.05, 0) is 18.2 Å². The average molecular weight is 400 g/mol. The van der Waals surface area contributed by atoms with Crippen LogP contribution in [0.5, 0.6) is 5.75 Å². The lowest BCUT2D eigenvalue weighted by molar-refractivity contribution is -0.140. The zero-order valence-electron chi connectivity index (χ0n) is 15.6. The Morgan fingerprint density at radius 1 is 1.22 bits per heavy atom. The van der Waals surface area contributed by atoms with Gasteiger partial charge in [0.25, 0.3) is 5.91 Å². The second-order valence-corrected chi connectivity index (χ2v) is 7.87. The quantitative estimate of drug-likeness (QED) is 0.609. The normalized spacial score (nSPS) is 15.2. The summed E-state index contributed by atoms with van der Waals surface area (Å²) in [5.74, 6) is -0.633. The number of amides is 1. The summed E-state index contributed by atoms with van der Waals surface area (Å²) < 4.78 is 42.0. The second-order valence-electron chi connectivity index (χ2n) is 5.93. The van der Waals surface area contributed by atoms with E-state index in [1.165, 1.54) is 48.7 Å². The standard InChI is InChI=1S/C17H24N2O7S/c1-18(7-6-16(20)25-3)17(21)14-12-13(4-5-15(14)24-2)27(22,23)19-8-10-26-11-9-19/h4-5,12H,6-11H2,1-3H3. The summed E-state index contributed by atoms with van der Waals surface area (Å²) in [4.78, 5) is 25.4. The predicted molar refractivity (Wildman–Crippen MR) is 96.2 cm³/mol. The maximum atomic E-state index is 12.8. The monoisotopic (exact) mass is 400 g/mol. The van der Waals surface area contributed by atoms with E-state index in [2.05, 4.69) is 4.74 Å². The third kappa shape index (κ3) is 4.96. The Bertz CT molecular complexity index is 788. The van der Waals surface area contributed by atoms with Crippen LogP contribution in [0.3, 0.4) is 0 Å². The summed E-state index contributed by atoms with van der Waals surface area (Å²) in [6.07, 6.45) is 0.0345. The number of nitrogens with zero attached hydrogens (tertiary/aromatic N) is 2. The number of rotatable bonds is 7. The SMILES string of the molecule is COC(=O)CCN(C)C(=O)c1cc(S(=O)(=O)N2CCOCC2)ccc1OC.